The number of nitrogens with zero attached hydrogens (tertiary/aromatic N) is 3. The zero-order chi connectivity index (χ0) is 17.2. The normalized spacial score (nSPS) is 11.0. The lowest BCUT2D eigenvalue weighted by Gasteiger charge is -2.06. The molecule has 3 aromatic heterocycles. The maximum absolute atomic E-state index is 12.2. The highest BCUT2D eigenvalue weighted by Crippen LogP contribution is 2.07. The van der Waals surface area contributed by atoms with Crippen molar-refractivity contribution < 1.29 is 4.79 Å². The van der Waals surface area contributed by atoms with Gasteiger partial charge in [0.2, 0.25) is 0 Å². The van der Waals surface area contributed by atoms with Crippen LogP contribution in [-0.4, -0.2) is 32.0 Å². The number of aromatic nitrogens is 4. The molecule has 3 heterocycles. The first kappa shape index (κ1) is 15.1. The largest absolute Gasteiger partial charge is 0.352 e. The van der Waals surface area contributed by atoms with Crippen LogP contribution in [0.5, 0.6) is 0 Å². The van der Waals surface area contributed by atoms with Crippen LogP contribution in [0, 0.1) is 0 Å². The van der Waals surface area contributed by atoms with Gasteiger partial charge in [0.25, 0.3) is 11.5 Å². The molecule has 0 unspecified atom stereocenters. The quantitative estimate of drug-likeness (QED) is 0.592. The van der Waals surface area contributed by atoms with Crippen LogP contribution in [0.1, 0.15) is 16.2 Å². The van der Waals surface area contributed by atoms with Crippen LogP contribution in [0.3, 0.4) is 0 Å². The summed E-state index contributed by atoms with van der Waals surface area (Å²) in [4.78, 5) is 31.4. The number of aromatic amines is 1. The van der Waals surface area contributed by atoms with Crippen molar-refractivity contribution in [3.63, 3.8) is 0 Å². The van der Waals surface area contributed by atoms with Crippen molar-refractivity contribution in [2.24, 2.45) is 0 Å². The Morgan fingerprint density at radius 2 is 2.08 bits per heavy atom. The van der Waals surface area contributed by atoms with Gasteiger partial charge in [-0.15, -0.1) is 0 Å². The van der Waals surface area contributed by atoms with Gasteiger partial charge in [0.1, 0.15) is 5.82 Å². The summed E-state index contributed by atoms with van der Waals surface area (Å²) in [5.41, 5.74) is 1.90. The molecule has 4 rings (SSSR count). The molecule has 7 nitrogen and oxygen atoms in total. The van der Waals surface area contributed by atoms with Crippen LogP contribution >= 0.6 is 0 Å². The Hall–Kier alpha value is -3.48. The zero-order valence-corrected chi connectivity index (χ0v) is 13.3. The molecule has 0 atom stereocenters. The van der Waals surface area contributed by atoms with Gasteiger partial charge < -0.3 is 10.3 Å². The summed E-state index contributed by atoms with van der Waals surface area (Å²) >= 11 is 0. The summed E-state index contributed by atoms with van der Waals surface area (Å²) in [6.07, 6.45) is 3.87. The van der Waals surface area contributed by atoms with E-state index in [9.17, 15) is 9.59 Å². The molecule has 124 valence electrons. The Morgan fingerprint density at radius 3 is 3.00 bits per heavy atom. The molecule has 1 amide bonds. The molecule has 0 saturated carbocycles. The Balaban J connectivity index is 1.45. The van der Waals surface area contributed by atoms with Crippen LogP contribution in [-0.2, 0) is 6.42 Å². The molecule has 7 heteroatoms. The summed E-state index contributed by atoms with van der Waals surface area (Å²) in [5, 5.41) is 7.50. The number of carbonyl (C=O) groups excluding carboxylic acids is 1. The summed E-state index contributed by atoms with van der Waals surface area (Å²) < 4.78 is 1.69. The summed E-state index contributed by atoms with van der Waals surface area (Å²) in [7, 11) is 0. The maximum atomic E-state index is 12.2. The molecule has 25 heavy (non-hydrogen) atoms. The van der Waals surface area contributed by atoms with E-state index in [2.05, 4.69) is 20.4 Å². The Kier molecular flexibility index (Phi) is 3.74. The second kappa shape index (κ2) is 6.20. The first-order chi connectivity index (χ1) is 12.2. The molecule has 0 aliphatic carbocycles. The van der Waals surface area contributed by atoms with Crippen LogP contribution in [0.15, 0.2) is 59.7 Å². The van der Waals surface area contributed by atoms with Crippen LogP contribution < -0.4 is 10.9 Å². The molecule has 0 radical (unpaired) electrons. The van der Waals surface area contributed by atoms with Gasteiger partial charge in [-0.2, -0.15) is 5.10 Å². The van der Waals surface area contributed by atoms with E-state index < -0.39 is 0 Å². The first-order valence-corrected chi connectivity index (χ1v) is 7.90. The van der Waals surface area contributed by atoms with Crippen molar-refractivity contribution >= 4 is 22.3 Å². The van der Waals surface area contributed by atoms with E-state index in [-0.39, 0.29) is 11.5 Å². The van der Waals surface area contributed by atoms with Gasteiger partial charge in [0, 0.05) is 30.9 Å². The second-order valence-corrected chi connectivity index (χ2v) is 5.65. The van der Waals surface area contributed by atoms with Crippen molar-refractivity contribution in [1.82, 2.24) is 24.9 Å². The third kappa shape index (κ3) is 2.99. The summed E-state index contributed by atoms with van der Waals surface area (Å²) in [5.74, 6) is 0.377. The van der Waals surface area contributed by atoms with E-state index in [4.69, 9.17) is 0 Å². The molecular formula is C18H15N5O2. The third-order valence-electron chi connectivity index (χ3n) is 3.97. The van der Waals surface area contributed by atoms with Crippen molar-refractivity contribution in [3.8, 4) is 0 Å². The number of para-hydroxylation sites is 1. The predicted octanol–water partition coefficient (Wildman–Crippen LogP) is 1.54. The van der Waals surface area contributed by atoms with Crippen molar-refractivity contribution in [3.05, 3.63) is 76.6 Å². The van der Waals surface area contributed by atoms with E-state index in [1.807, 2.05) is 12.1 Å². The topological polar surface area (TPSA) is 92.1 Å². The van der Waals surface area contributed by atoms with Crippen LogP contribution in [0.25, 0.3) is 16.4 Å². The smallest absolute Gasteiger partial charge is 0.258 e. The number of hydrogen-bond acceptors (Lipinski definition) is 4. The average molecular weight is 333 g/mol. The van der Waals surface area contributed by atoms with Gasteiger partial charge in [-0.3, -0.25) is 9.59 Å². The van der Waals surface area contributed by atoms with E-state index >= 15 is 0 Å². The molecule has 4 aromatic rings. The number of carbonyl (C=O) groups is 1. The van der Waals surface area contributed by atoms with Gasteiger partial charge in [0.15, 0.2) is 0 Å². The van der Waals surface area contributed by atoms with E-state index in [0.29, 0.717) is 35.3 Å². The molecular weight excluding hydrogens is 318 g/mol. The number of amides is 1. The third-order valence-corrected chi connectivity index (χ3v) is 3.97. The molecule has 0 fully saturated rings. The molecule has 0 saturated heterocycles. The Labute approximate surface area is 142 Å². The van der Waals surface area contributed by atoms with Crippen molar-refractivity contribution in [1.29, 1.82) is 0 Å². The fourth-order valence-corrected chi connectivity index (χ4v) is 2.71. The minimum absolute atomic E-state index is 0.168. The highest BCUT2D eigenvalue weighted by atomic mass is 16.1. The van der Waals surface area contributed by atoms with Crippen LogP contribution in [0.2, 0.25) is 0 Å². The lowest BCUT2D eigenvalue weighted by atomic mass is 10.2. The number of rotatable bonds is 4. The number of fused-ring (bicyclic) bond motifs is 2. The maximum Gasteiger partial charge on any atom is 0.258 e. The van der Waals surface area contributed by atoms with Gasteiger partial charge >= 0.3 is 0 Å². The van der Waals surface area contributed by atoms with Crippen LogP contribution in [0.4, 0.5) is 0 Å². The average Bonchev–Trinajstić information content (AvgIpc) is 3.09. The highest BCUT2D eigenvalue weighted by Gasteiger charge is 2.08. The number of nitrogens with one attached hydrogen (secondary N) is 2. The highest BCUT2D eigenvalue weighted by molar-refractivity contribution is 5.95. The molecule has 2 N–H and O–H groups in total. The minimum Gasteiger partial charge on any atom is -0.352 e. The number of H-pyrrole nitrogens is 1. The van der Waals surface area contributed by atoms with Gasteiger partial charge in [-0.1, -0.05) is 12.1 Å². The van der Waals surface area contributed by atoms with E-state index in [1.165, 1.54) is 0 Å². The second-order valence-electron chi connectivity index (χ2n) is 5.65. The van der Waals surface area contributed by atoms with Gasteiger partial charge in [-0.25, -0.2) is 9.50 Å². The van der Waals surface area contributed by atoms with Crippen molar-refractivity contribution in [2.45, 2.75) is 6.42 Å². The SMILES string of the molecule is O=C(NCCc1nc2ccccc2c(=O)[nH]1)c1ccn2nccc2c1. The number of benzene rings is 1. The lowest BCUT2D eigenvalue weighted by molar-refractivity contribution is 0.0954. The monoisotopic (exact) mass is 333 g/mol. The standard InChI is InChI=1S/C18H15N5O2/c24-17(12-7-10-23-13(11-12)5-9-20-23)19-8-6-16-21-15-4-2-1-3-14(15)18(25)22-16/h1-5,7,9-11H,6,8H2,(H,19,24)(H,21,22,25). The van der Waals surface area contributed by atoms with E-state index in [1.54, 1.807) is 47.2 Å². The molecule has 0 aliphatic rings. The number of hydrogen-bond donors (Lipinski definition) is 2. The molecule has 0 aliphatic heterocycles. The fraction of sp³-hybridized carbons (Fsp3) is 0.111. The zero-order valence-electron chi connectivity index (χ0n) is 13.3. The van der Waals surface area contributed by atoms with Gasteiger partial charge in [-0.05, 0) is 30.3 Å². The Bertz CT molecular complexity index is 1130. The fourth-order valence-electron chi connectivity index (χ4n) is 2.71. The first-order valence-electron chi connectivity index (χ1n) is 7.90. The molecule has 0 spiro atoms. The van der Waals surface area contributed by atoms with Gasteiger partial charge in [0.05, 0.1) is 16.4 Å². The number of pyridine rings is 1. The lowest BCUT2D eigenvalue weighted by Crippen LogP contribution is -2.27. The Morgan fingerprint density at radius 1 is 1.20 bits per heavy atom. The molecule has 0 bridgehead atoms. The van der Waals surface area contributed by atoms with Crippen molar-refractivity contribution in [2.75, 3.05) is 6.54 Å². The summed E-state index contributed by atoms with van der Waals surface area (Å²) in [6.45, 7) is 0.380. The minimum atomic E-state index is -0.174. The summed E-state index contributed by atoms with van der Waals surface area (Å²) in [6, 6.07) is 12.5. The molecule has 1 aromatic carbocycles. The predicted molar refractivity (Wildman–Crippen MR) is 93.6 cm³/mol. The van der Waals surface area contributed by atoms with E-state index in [0.717, 1.165) is 5.52 Å².